The molecule has 0 saturated carbocycles. The maximum absolute atomic E-state index is 6.63. The van der Waals surface area contributed by atoms with Gasteiger partial charge in [-0.1, -0.05) is 70.0 Å². The number of benzene rings is 3. The van der Waals surface area contributed by atoms with Crippen molar-refractivity contribution in [2.75, 3.05) is 5.32 Å². The smallest absolute Gasteiger partial charge is 0.226 e. The van der Waals surface area contributed by atoms with Crippen LogP contribution in [-0.2, 0) is 0 Å². The van der Waals surface area contributed by atoms with Crippen molar-refractivity contribution < 1.29 is 4.74 Å². The zero-order chi connectivity index (χ0) is 20.9. The molecule has 1 aromatic heterocycles. The van der Waals surface area contributed by atoms with Crippen LogP contribution < -0.4 is 10.1 Å². The van der Waals surface area contributed by atoms with Gasteiger partial charge in [0.15, 0.2) is 0 Å². The summed E-state index contributed by atoms with van der Waals surface area (Å²) in [6.07, 6.45) is 1.33. The van der Waals surface area contributed by atoms with E-state index in [2.05, 4.69) is 80.7 Å². The number of hydrogen-bond donors (Lipinski definition) is 1. The Bertz CT molecular complexity index is 1330. The summed E-state index contributed by atoms with van der Waals surface area (Å²) >= 11 is 3.62. The Morgan fingerprint density at radius 3 is 2.65 bits per heavy atom. The largest absolute Gasteiger partial charge is 0.480 e. The number of rotatable bonds is 2. The minimum absolute atomic E-state index is 0.133. The molecule has 5 nitrogen and oxygen atoms in total. The topological polar surface area (TPSA) is 52.0 Å². The van der Waals surface area contributed by atoms with Crippen LogP contribution in [0.2, 0.25) is 0 Å². The summed E-state index contributed by atoms with van der Waals surface area (Å²) in [5.74, 6) is 1.59. The molecule has 2 unspecified atom stereocenters. The van der Waals surface area contributed by atoms with Crippen LogP contribution in [0.15, 0.2) is 89.2 Å². The first-order valence-electron chi connectivity index (χ1n) is 10.2. The molecule has 3 heterocycles. The second-order valence-corrected chi connectivity index (χ2v) is 8.76. The third-order valence-electron chi connectivity index (χ3n) is 5.87. The molecule has 2 aliphatic heterocycles. The SMILES string of the molecule is Cc1ccc(C2C3=C(Nc4ncnn42)c2ccccc2OC3c2cccc(Br)c2)cc1. The van der Waals surface area contributed by atoms with E-state index in [1.807, 2.05) is 35.0 Å². The van der Waals surface area contributed by atoms with Crippen LogP contribution >= 0.6 is 15.9 Å². The zero-order valence-corrected chi connectivity index (χ0v) is 18.4. The predicted octanol–water partition coefficient (Wildman–Crippen LogP) is 5.91. The molecule has 6 rings (SSSR count). The number of aryl methyl sites for hydroxylation is 1. The maximum Gasteiger partial charge on any atom is 0.226 e. The van der Waals surface area contributed by atoms with Gasteiger partial charge in [0.2, 0.25) is 5.95 Å². The van der Waals surface area contributed by atoms with Gasteiger partial charge in [-0.05, 0) is 42.3 Å². The van der Waals surface area contributed by atoms with Crippen molar-refractivity contribution in [2.24, 2.45) is 0 Å². The summed E-state index contributed by atoms with van der Waals surface area (Å²) in [5, 5.41) is 8.11. The van der Waals surface area contributed by atoms with Crippen molar-refractivity contribution in [3.63, 3.8) is 0 Å². The van der Waals surface area contributed by atoms with Gasteiger partial charge in [0.25, 0.3) is 0 Å². The molecule has 3 aromatic carbocycles. The number of para-hydroxylation sites is 1. The van der Waals surface area contributed by atoms with E-state index in [4.69, 9.17) is 4.74 Å². The molecule has 0 radical (unpaired) electrons. The molecule has 31 heavy (non-hydrogen) atoms. The predicted molar refractivity (Wildman–Crippen MR) is 124 cm³/mol. The Labute approximate surface area is 188 Å². The number of nitrogens with zero attached hydrogens (tertiary/aromatic N) is 3. The summed E-state index contributed by atoms with van der Waals surface area (Å²) in [4.78, 5) is 4.48. The molecule has 0 bridgehead atoms. The van der Waals surface area contributed by atoms with E-state index in [1.54, 1.807) is 6.33 Å². The lowest BCUT2D eigenvalue weighted by molar-refractivity contribution is 0.223. The maximum atomic E-state index is 6.63. The van der Waals surface area contributed by atoms with Crippen LogP contribution in [0, 0.1) is 6.92 Å². The van der Waals surface area contributed by atoms with Gasteiger partial charge in [0.05, 0.1) is 5.70 Å². The number of ether oxygens (including phenoxy) is 1. The summed E-state index contributed by atoms with van der Waals surface area (Å²) in [6, 6.07) is 24.9. The van der Waals surface area contributed by atoms with E-state index >= 15 is 0 Å². The van der Waals surface area contributed by atoms with Gasteiger partial charge in [0, 0.05) is 15.6 Å². The van der Waals surface area contributed by atoms with Gasteiger partial charge < -0.3 is 10.1 Å². The quantitative estimate of drug-likeness (QED) is 0.395. The van der Waals surface area contributed by atoms with Gasteiger partial charge >= 0.3 is 0 Å². The fraction of sp³-hybridized carbons (Fsp3) is 0.120. The van der Waals surface area contributed by atoms with Gasteiger partial charge in [0.1, 0.15) is 24.2 Å². The van der Waals surface area contributed by atoms with E-state index in [0.29, 0.717) is 0 Å². The lowest BCUT2D eigenvalue weighted by atomic mass is 9.84. The third-order valence-corrected chi connectivity index (χ3v) is 6.36. The molecule has 1 N–H and O–H groups in total. The lowest BCUT2D eigenvalue weighted by Crippen LogP contribution is -2.32. The number of anilines is 1. The van der Waals surface area contributed by atoms with Crippen LogP contribution in [0.25, 0.3) is 5.70 Å². The number of aromatic nitrogens is 3. The molecule has 0 saturated heterocycles. The van der Waals surface area contributed by atoms with Crippen molar-refractivity contribution >= 4 is 27.6 Å². The molecule has 4 aromatic rings. The van der Waals surface area contributed by atoms with Crippen molar-refractivity contribution in [2.45, 2.75) is 19.1 Å². The molecule has 0 fully saturated rings. The molecular weight excluding hydrogens is 452 g/mol. The summed E-state index contributed by atoms with van der Waals surface area (Å²) < 4.78 is 9.60. The van der Waals surface area contributed by atoms with Gasteiger partial charge in [-0.15, -0.1) is 0 Å². The molecule has 0 amide bonds. The highest BCUT2D eigenvalue weighted by Gasteiger charge is 2.40. The Morgan fingerprint density at radius 1 is 0.968 bits per heavy atom. The second kappa shape index (κ2) is 7.10. The van der Waals surface area contributed by atoms with Gasteiger partial charge in [-0.2, -0.15) is 10.1 Å². The van der Waals surface area contributed by atoms with Crippen molar-refractivity contribution in [1.82, 2.24) is 14.8 Å². The van der Waals surface area contributed by atoms with E-state index in [-0.39, 0.29) is 12.1 Å². The van der Waals surface area contributed by atoms with Crippen molar-refractivity contribution in [1.29, 1.82) is 0 Å². The highest BCUT2D eigenvalue weighted by molar-refractivity contribution is 9.10. The molecule has 0 aliphatic carbocycles. The lowest BCUT2D eigenvalue weighted by Gasteiger charge is -2.39. The molecule has 0 spiro atoms. The first-order chi connectivity index (χ1) is 15.2. The summed E-state index contributed by atoms with van der Waals surface area (Å²) in [5.41, 5.74) is 6.65. The monoisotopic (exact) mass is 470 g/mol. The van der Waals surface area contributed by atoms with Crippen molar-refractivity contribution in [3.8, 4) is 5.75 Å². The first kappa shape index (κ1) is 18.4. The van der Waals surface area contributed by atoms with Gasteiger partial charge in [-0.25, -0.2) is 4.68 Å². The second-order valence-electron chi connectivity index (χ2n) is 7.85. The zero-order valence-electron chi connectivity index (χ0n) is 16.8. The number of fused-ring (bicyclic) bond motifs is 3. The van der Waals surface area contributed by atoms with Crippen LogP contribution in [-0.4, -0.2) is 14.8 Å². The van der Waals surface area contributed by atoms with Crippen molar-refractivity contribution in [3.05, 3.63) is 111 Å². The Balaban J connectivity index is 1.63. The molecule has 2 atom stereocenters. The molecule has 2 aliphatic rings. The average Bonchev–Trinajstić information content (AvgIpc) is 3.26. The van der Waals surface area contributed by atoms with E-state index in [0.717, 1.165) is 44.1 Å². The summed E-state index contributed by atoms with van der Waals surface area (Å²) in [6.45, 7) is 2.10. The van der Waals surface area contributed by atoms with E-state index in [1.165, 1.54) is 5.56 Å². The third kappa shape index (κ3) is 2.98. The normalized spacial score (nSPS) is 19.0. The Hall–Kier alpha value is -3.38. The standard InChI is InChI=1S/C25H19BrN4O/c1-15-9-11-16(12-10-15)23-21-22(29-25-27-14-28-30(23)25)19-7-2-3-8-20(19)31-24(21)17-5-4-6-18(26)13-17/h2-14,23-24H,1H3,(H,27,28,29). The molecule has 152 valence electrons. The molecule has 6 heteroatoms. The number of nitrogens with one attached hydrogen (secondary N) is 1. The highest BCUT2D eigenvalue weighted by Crippen LogP contribution is 2.50. The van der Waals surface area contributed by atoms with Crippen LogP contribution in [0.5, 0.6) is 5.75 Å². The van der Waals surface area contributed by atoms with E-state index in [9.17, 15) is 0 Å². The highest BCUT2D eigenvalue weighted by atomic mass is 79.9. The minimum atomic E-state index is -0.265. The number of hydrogen-bond acceptors (Lipinski definition) is 4. The minimum Gasteiger partial charge on any atom is -0.480 e. The average molecular weight is 471 g/mol. The van der Waals surface area contributed by atoms with Crippen LogP contribution in [0.3, 0.4) is 0 Å². The Morgan fingerprint density at radius 2 is 1.81 bits per heavy atom. The fourth-order valence-electron chi connectivity index (χ4n) is 4.43. The first-order valence-corrected chi connectivity index (χ1v) is 11.0. The Kier molecular flexibility index (Phi) is 4.21. The van der Waals surface area contributed by atoms with Gasteiger partial charge in [-0.3, -0.25) is 0 Å². The van der Waals surface area contributed by atoms with Crippen LogP contribution in [0.4, 0.5) is 5.95 Å². The molecular formula is C25H19BrN4O. The van der Waals surface area contributed by atoms with Crippen LogP contribution in [0.1, 0.15) is 34.4 Å². The van der Waals surface area contributed by atoms with E-state index < -0.39 is 0 Å². The number of halogens is 1. The fourth-order valence-corrected chi connectivity index (χ4v) is 4.85. The summed E-state index contributed by atoms with van der Waals surface area (Å²) in [7, 11) is 0.